The van der Waals surface area contributed by atoms with E-state index in [1.165, 1.54) is 13.8 Å². The number of hydrogen-bond acceptors (Lipinski definition) is 12. The van der Waals surface area contributed by atoms with Gasteiger partial charge in [0, 0.05) is 6.42 Å². The molecule has 0 bridgehead atoms. The van der Waals surface area contributed by atoms with Gasteiger partial charge in [-0.3, -0.25) is 33.6 Å². The van der Waals surface area contributed by atoms with Crippen LogP contribution in [0.5, 0.6) is 0 Å². The summed E-state index contributed by atoms with van der Waals surface area (Å²) in [6.45, 7) is 1.44. The third kappa shape index (κ3) is 14.7. The standard InChI is InChI=1S/C30H41FN4O12/c1-17(2)26(29(42)33-20(22(36)15-31)13-24(38)45-4)35-27(40)19(11-12-23(37)44-3)32-28(41)21(14-25(39)46-5)34-30(43)47-16-18-9-7-6-8-10-18/h6-10,17,19-21,26H,11-16H2,1-5H3,(H,32,41)(H,33,42)(H,34,43)(H,35,40)/t19?,20?,21-,26?/m0/s1. The number of Topliss-reactive ketones (excluding diaryl/α,β-unsaturated/α-hetero) is 1. The molecule has 0 aliphatic rings. The van der Waals surface area contributed by atoms with Crippen molar-refractivity contribution >= 4 is 47.5 Å². The van der Waals surface area contributed by atoms with E-state index in [9.17, 15) is 42.7 Å². The van der Waals surface area contributed by atoms with Crippen LogP contribution >= 0.6 is 0 Å². The molecule has 260 valence electrons. The van der Waals surface area contributed by atoms with Gasteiger partial charge >= 0.3 is 24.0 Å². The van der Waals surface area contributed by atoms with Crippen molar-refractivity contribution in [2.24, 2.45) is 5.92 Å². The van der Waals surface area contributed by atoms with Crippen molar-refractivity contribution in [3.8, 4) is 0 Å². The van der Waals surface area contributed by atoms with E-state index in [0.717, 1.165) is 21.3 Å². The molecule has 0 spiro atoms. The van der Waals surface area contributed by atoms with Crippen LogP contribution in [0.1, 0.15) is 45.1 Å². The molecule has 0 aliphatic heterocycles. The third-order valence-corrected chi connectivity index (χ3v) is 6.60. The highest BCUT2D eigenvalue weighted by molar-refractivity contribution is 5.97. The maximum Gasteiger partial charge on any atom is 0.408 e. The molecule has 0 saturated carbocycles. The first-order valence-corrected chi connectivity index (χ1v) is 14.4. The molecule has 0 radical (unpaired) electrons. The van der Waals surface area contributed by atoms with E-state index < -0.39 is 97.1 Å². The fourth-order valence-corrected chi connectivity index (χ4v) is 3.91. The Balaban J connectivity index is 3.17. The summed E-state index contributed by atoms with van der Waals surface area (Å²) in [5.41, 5.74) is 0.644. The van der Waals surface area contributed by atoms with Gasteiger partial charge in [0.15, 0.2) is 5.78 Å². The van der Waals surface area contributed by atoms with Crippen molar-refractivity contribution in [2.45, 2.75) is 70.3 Å². The van der Waals surface area contributed by atoms with Gasteiger partial charge in [0.1, 0.15) is 37.4 Å². The van der Waals surface area contributed by atoms with Gasteiger partial charge in [-0.1, -0.05) is 44.2 Å². The van der Waals surface area contributed by atoms with E-state index in [0.29, 0.717) is 5.56 Å². The number of rotatable bonds is 19. The van der Waals surface area contributed by atoms with E-state index in [-0.39, 0.29) is 19.4 Å². The number of ketones is 1. The first kappa shape index (κ1) is 39.9. The summed E-state index contributed by atoms with van der Waals surface area (Å²) in [5.74, 6) is -7.21. The van der Waals surface area contributed by atoms with Crippen molar-refractivity contribution in [2.75, 3.05) is 28.0 Å². The Kier molecular flexibility index (Phi) is 17.7. The Bertz CT molecular complexity index is 1260. The smallest absolute Gasteiger partial charge is 0.408 e. The molecule has 1 aromatic carbocycles. The van der Waals surface area contributed by atoms with Gasteiger partial charge in [-0.25, -0.2) is 9.18 Å². The van der Waals surface area contributed by atoms with E-state index >= 15 is 0 Å². The normalized spacial score (nSPS) is 13.1. The van der Waals surface area contributed by atoms with Gasteiger partial charge in [0.2, 0.25) is 17.7 Å². The molecule has 0 fully saturated rings. The van der Waals surface area contributed by atoms with E-state index in [1.54, 1.807) is 30.3 Å². The maximum absolute atomic E-state index is 13.4. The fourth-order valence-electron chi connectivity index (χ4n) is 3.91. The number of esters is 3. The van der Waals surface area contributed by atoms with Crippen LogP contribution in [0, 0.1) is 5.92 Å². The molecule has 16 nitrogen and oxygen atoms in total. The first-order valence-electron chi connectivity index (χ1n) is 14.4. The average Bonchev–Trinajstić information content (AvgIpc) is 3.06. The van der Waals surface area contributed by atoms with E-state index in [4.69, 9.17) is 4.74 Å². The number of amides is 4. The Morgan fingerprint density at radius 2 is 1.21 bits per heavy atom. The van der Waals surface area contributed by atoms with Crippen LogP contribution in [0.2, 0.25) is 0 Å². The average molecular weight is 669 g/mol. The number of carbonyl (C=O) groups is 8. The van der Waals surface area contributed by atoms with Gasteiger partial charge < -0.3 is 40.2 Å². The highest BCUT2D eigenvalue weighted by Crippen LogP contribution is 2.09. The predicted molar refractivity (Wildman–Crippen MR) is 160 cm³/mol. The van der Waals surface area contributed by atoms with Crippen molar-refractivity contribution in [3.05, 3.63) is 35.9 Å². The zero-order valence-corrected chi connectivity index (χ0v) is 26.8. The van der Waals surface area contributed by atoms with Gasteiger partial charge in [-0.2, -0.15) is 0 Å². The molecule has 3 unspecified atom stereocenters. The highest BCUT2D eigenvalue weighted by atomic mass is 19.1. The molecule has 4 atom stereocenters. The second-order valence-electron chi connectivity index (χ2n) is 10.4. The number of carbonyl (C=O) groups excluding carboxylic acids is 8. The number of alkyl halides is 1. The quantitative estimate of drug-likeness (QED) is 0.113. The largest absolute Gasteiger partial charge is 0.469 e. The number of halogens is 1. The zero-order chi connectivity index (χ0) is 35.5. The summed E-state index contributed by atoms with van der Waals surface area (Å²) >= 11 is 0. The molecule has 47 heavy (non-hydrogen) atoms. The number of methoxy groups -OCH3 is 3. The van der Waals surface area contributed by atoms with Crippen LogP contribution in [-0.4, -0.2) is 99.7 Å². The van der Waals surface area contributed by atoms with E-state index in [2.05, 4.69) is 35.5 Å². The van der Waals surface area contributed by atoms with Crippen LogP contribution in [0.25, 0.3) is 0 Å². The number of alkyl carbamates (subject to hydrolysis) is 1. The summed E-state index contributed by atoms with van der Waals surface area (Å²) in [6, 6.07) is 2.54. The summed E-state index contributed by atoms with van der Waals surface area (Å²) in [5, 5.41) is 9.26. The molecule has 4 N–H and O–H groups in total. The number of benzene rings is 1. The lowest BCUT2D eigenvalue weighted by Gasteiger charge is -2.27. The van der Waals surface area contributed by atoms with Crippen LogP contribution in [-0.2, 0) is 59.1 Å². The fraction of sp³-hybridized carbons (Fsp3) is 0.533. The van der Waals surface area contributed by atoms with Crippen LogP contribution < -0.4 is 21.3 Å². The highest BCUT2D eigenvalue weighted by Gasteiger charge is 2.34. The molecule has 0 aromatic heterocycles. The summed E-state index contributed by atoms with van der Waals surface area (Å²) in [7, 11) is 3.21. The molecule has 0 heterocycles. The molecule has 1 aromatic rings. The lowest BCUT2D eigenvalue weighted by Crippen LogP contribution is -2.59. The lowest BCUT2D eigenvalue weighted by atomic mass is 10.0. The summed E-state index contributed by atoms with van der Waals surface area (Å²) in [4.78, 5) is 99.9. The van der Waals surface area contributed by atoms with Crippen molar-refractivity contribution in [3.63, 3.8) is 0 Å². The number of nitrogens with one attached hydrogen (secondary N) is 4. The Morgan fingerprint density at radius 1 is 0.681 bits per heavy atom. The Hall–Kier alpha value is -5.09. The molecular weight excluding hydrogens is 627 g/mol. The second-order valence-corrected chi connectivity index (χ2v) is 10.4. The van der Waals surface area contributed by atoms with Crippen LogP contribution in [0.15, 0.2) is 30.3 Å². The topological polar surface area (TPSA) is 222 Å². The predicted octanol–water partition coefficient (Wildman–Crippen LogP) is 0.00980. The van der Waals surface area contributed by atoms with Crippen molar-refractivity contribution in [1.29, 1.82) is 0 Å². The molecule has 0 saturated heterocycles. The Morgan fingerprint density at radius 3 is 1.74 bits per heavy atom. The molecular formula is C30H41FN4O12. The van der Waals surface area contributed by atoms with Crippen molar-refractivity contribution in [1.82, 2.24) is 21.3 Å². The SMILES string of the molecule is COC(=O)CCC(NC(=O)[C@H](CC(=O)OC)NC(=O)OCc1ccccc1)C(=O)NC(C(=O)NC(CC(=O)OC)C(=O)CF)C(C)C. The molecule has 17 heteroatoms. The summed E-state index contributed by atoms with van der Waals surface area (Å²) < 4.78 is 31.9. The van der Waals surface area contributed by atoms with Gasteiger partial charge in [-0.05, 0) is 17.9 Å². The first-order chi connectivity index (χ1) is 22.3. The van der Waals surface area contributed by atoms with Gasteiger partial charge in [-0.15, -0.1) is 0 Å². The van der Waals surface area contributed by atoms with Crippen LogP contribution in [0.3, 0.4) is 0 Å². The molecule has 0 aliphatic carbocycles. The number of ether oxygens (including phenoxy) is 4. The van der Waals surface area contributed by atoms with Gasteiger partial charge in [0.05, 0.1) is 34.2 Å². The van der Waals surface area contributed by atoms with Crippen molar-refractivity contribution < 1.29 is 61.7 Å². The Labute approximate surface area is 270 Å². The second kappa shape index (κ2) is 20.8. The zero-order valence-electron chi connectivity index (χ0n) is 26.8. The molecule has 1 rings (SSSR count). The number of hydrogen-bond donors (Lipinski definition) is 4. The lowest BCUT2D eigenvalue weighted by molar-refractivity contribution is -0.144. The van der Waals surface area contributed by atoms with Gasteiger partial charge in [0.25, 0.3) is 0 Å². The minimum atomic E-state index is -1.59. The van der Waals surface area contributed by atoms with E-state index in [1.807, 2.05) is 0 Å². The molecule has 4 amide bonds. The minimum Gasteiger partial charge on any atom is -0.469 e. The minimum absolute atomic E-state index is 0.153. The monoisotopic (exact) mass is 668 g/mol. The summed E-state index contributed by atoms with van der Waals surface area (Å²) in [6.07, 6.45) is -3.09. The third-order valence-electron chi connectivity index (χ3n) is 6.60. The van der Waals surface area contributed by atoms with Crippen LogP contribution in [0.4, 0.5) is 9.18 Å². The maximum atomic E-state index is 13.4.